The molecule has 0 fully saturated rings. The lowest BCUT2D eigenvalue weighted by Crippen LogP contribution is -2.27. The fraction of sp³-hybridized carbons (Fsp3) is 0.500. The maximum absolute atomic E-state index is 12.0. The third-order valence-electron chi connectivity index (χ3n) is 2.39. The summed E-state index contributed by atoms with van der Waals surface area (Å²) in [5.41, 5.74) is -0.516. The van der Waals surface area contributed by atoms with Gasteiger partial charge >= 0.3 is 5.97 Å². The van der Waals surface area contributed by atoms with Crippen LogP contribution < -0.4 is 4.72 Å². The molecule has 0 unspecified atom stereocenters. The van der Waals surface area contributed by atoms with Crippen molar-refractivity contribution in [2.75, 3.05) is 6.54 Å². The van der Waals surface area contributed by atoms with E-state index in [4.69, 9.17) is 4.74 Å². The van der Waals surface area contributed by atoms with Gasteiger partial charge in [-0.25, -0.2) is 13.1 Å². The number of nitrogens with one attached hydrogen (secondary N) is 1. The first-order valence-electron chi connectivity index (χ1n) is 6.57. The van der Waals surface area contributed by atoms with E-state index >= 15 is 0 Å². The number of halogens is 1. The van der Waals surface area contributed by atoms with Crippen molar-refractivity contribution in [2.45, 2.75) is 44.1 Å². The molecule has 7 heteroatoms. The number of sulfonamides is 1. The summed E-state index contributed by atoms with van der Waals surface area (Å²) < 4.78 is 32.6. The lowest BCUT2D eigenvalue weighted by molar-refractivity contribution is -0.154. The normalized spacial score (nSPS) is 12.2. The van der Waals surface area contributed by atoms with E-state index in [1.807, 2.05) is 0 Å². The first-order chi connectivity index (χ1) is 9.60. The second kappa shape index (κ2) is 7.55. The van der Waals surface area contributed by atoms with Crippen molar-refractivity contribution in [3.05, 3.63) is 27.8 Å². The van der Waals surface area contributed by atoms with Gasteiger partial charge in [-0.2, -0.15) is 0 Å². The molecule has 1 aromatic carbocycles. The minimum atomic E-state index is -3.52. The van der Waals surface area contributed by atoms with E-state index in [0.29, 0.717) is 6.42 Å². The highest BCUT2D eigenvalue weighted by molar-refractivity contribution is 14.1. The van der Waals surface area contributed by atoms with Crippen LogP contribution in [0.4, 0.5) is 0 Å². The summed E-state index contributed by atoms with van der Waals surface area (Å²) in [6, 6.07) is 6.57. The Labute approximate surface area is 139 Å². The van der Waals surface area contributed by atoms with E-state index in [2.05, 4.69) is 27.3 Å². The molecular weight excluding hydrogens is 405 g/mol. The quantitative estimate of drug-likeness (QED) is 0.432. The molecule has 1 N–H and O–H groups in total. The largest absolute Gasteiger partial charge is 0.460 e. The Kier molecular flexibility index (Phi) is 6.61. The van der Waals surface area contributed by atoms with Gasteiger partial charge in [-0.1, -0.05) is 0 Å². The number of carbonyl (C=O) groups is 1. The maximum Gasteiger partial charge on any atom is 0.306 e. The van der Waals surface area contributed by atoms with Crippen LogP contribution in [-0.4, -0.2) is 26.5 Å². The van der Waals surface area contributed by atoms with E-state index in [1.165, 1.54) is 0 Å². The molecule has 0 spiro atoms. The molecule has 5 nitrogen and oxygen atoms in total. The SMILES string of the molecule is CC(C)(C)OC(=O)CCCNS(=O)(=O)c1ccc(I)cc1. The molecule has 0 bridgehead atoms. The average molecular weight is 425 g/mol. The average Bonchev–Trinajstić information content (AvgIpc) is 2.33. The van der Waals surface area contributed by atoms with Gasteiger partial charge in [0.2, 0.25) is 10.0 Å². The first kappa shape index (κ1) is 18.4. The van der Waals surface area contributed by atoms with Crippen LogP contribution in [-0.2, 0) is 19.6 Å². The minimum Gasteiger partial charge on any atom is -0.460 e. The number of rotatable bonds is 6. The van der Waals surface area contributed by atoms with Gasteiger partial charge in [0.25, 0.3) is 0 Å². The number of hydrogen-bond acceptors (Lipinski definition) is 4. The molecule has 0 saturated carbocycles. The van der Waals surface area contributed by atoms with E-state index < -0.39 is 15.6 Å². The third-order valence-corrected chi connectivity index (χ3v) is 4.59. The highest BCUT2D eigenvalue weighted by atomic mass is 127. The molecule has 0 amide bonds. The predicted molar refractivity (Wildman–Crippen MR) is 89.4 cm³/mol. The van der Waals surface area contributed by atoms with Crippen LogP contribution in [0.5, 0.6) is 0 Å². The molecule has 0 radical (unpaired) electrons. The summed E-state index contributed by atoms with van der Waals surface area (Å²) in [6.45, 7) is 5.59. The van der Waals surface area contributed by atoms with Crippen LogP contribution in [0.3, 0.4) is 0 Å². The number of carbonyl (C=O) groups excluding carboxylic acids is 1. The molecule has 0 aliphatic heterocycles. The minimum absolute atomic E-state index is 0.187. The van der Waals surface area contributed by atoms with Gasteiger partial charge in [-0.05, 0) is 74.0 Å². The van der Waals surface area contributed by atoms with Gasteiger partial charge < -0.3 is 4.74 Å². The molecule has 0 atom stereocenters. The van der Waals surface area contributed by atoms with Crippen molar-refractivity contribution in [1.29, 1.82) is 0 Å². The molecule has 0 aliphatic rings. The molecule has 0 heterocycles. The standard InChI is InChI=1S/C14H20INO4S/c1-14(2,3)20-13(17)5-4-10-16-21(18,19)12-8-6-11(15)7-9-12/h6-9,16H,4-5,10H2,1-3H3. The molecule has 21 heavy (non-hydrogen) atoms. The van der Waals surface area contributed by atoms with Crippen molar-refractivity contribution in [2.24, 2.45) is 0 Å². The Morgan fingerprint density at radius 3 is 2.33 bits per heavy atom. The Balaban J connectivity index is 2.41. The van der Waals surface area contributed by atoms with Crippen molar-refractivity contribution in [3.8, 4) is 0 Å². The first-order valence-corrected chi connectivity index (χ1v) is 9.13. The predicted octanol–water partition coefficient (Wildman–Crippen LogP) is 2.69. The molecule has 118 valence electrons. The third kappa shape index (κ3) is 7.23. The fourth-order valence-corrected chi connectivity index (χ4v) is 2.96. The zero-order valence-electron chi connectivity index (χ0n) is 12.3. The van der Waals surface area contributed by atoms with Crippen LogP contribution in [0, 0.1) is 3.57 Å². The lowest BCUT2D eigenvalue weighted by Gasteiger charge is -2.19. The maximum atomic E-state index is 12.0. The lowest BCUT2D eigenvalue weighted by atomic mass is 10.2. The summed E-state index contributed by atoms with van der Waals surface area (Å²) in [6.07, 6.45) is 0.588. The smallest absolute Gasteiger partial charge is 0.306 e. The Bertz CT molecular complexity index is 576. The highest BCUT2D eigenvalue weighted by Gasteiger charge is 2.17. The fourth-order valence-electron chi connectivity index (χ4n) is 1.53. The van der Waals surface area contributed by atoms with Gasteiger partial charge in [0, 0.05) is 16.5 Å². The van der Waals surface area contributed by atoms with Crippen molar-refractivity contribution in [3.63, 3.8) is 0 Å². The van der Waals surface area contributed by atoms with Gasteiger partial charge in [-0.15, -0.1) is 0 Å². The van der Waals surface area contributed by atoms with Crippen molar-refractivity contribution >= 4 is 38.6 Å². The summed E-state index contributed by atoms with van der Waals surface area (Å²) in [7, 11) is -3.52. The van der Waals surface area contributed by atoms with Crippen LogP contribution in [0.2, 0.25) is 0 Å². The van der Waals surface area contributed by atoms with Gasteiger partial charge in [0.05, 0.1) is 4.90 Å². The second-order valence-corrected chi connectivity index (χ2v) is 8.55. The number of hydrogen-bond donors (Lipinski definition) is 1. The van der Waals surface area contributed by atoms with Gasteiger partial charge in [0.1, 0.15) is 5.60 Å². The number of benzene rings is 1. The van der Waals surface area contributed by atoms with Crippen LogP contribution in [0.25, 0.3) is 0 Å². The van der Waals surface area contributed by atoms with E-state index in [1.54, 1.807) is 45.0 Å². The second-order valence-electron chi connectivity index (χ2n) is 5.54. The topological polar surface area (TPSA) is 72.5 Å². The summed E-state index contributed by atoms with van der Waals surface area (Å²) in [4.78, 5) is 11.7. The highest BCUT2D eigenvalue weighted by Crippen LogP contribution is 2.12. The van der Waals surface area contributed by atoms with Crippen LogP contribution >= 0.6 is 22.6 Å². The van der Waals surface area contributed by atoms with Gasteiger partial charge in [-0.3, -0.25) is 4.79 Å². The zero-order chi connectivity index (χ0) is 16.1. The van der Waals surface area contributed by atoms with E-state index in [9.17, 15) is 13.2 Å². The van der Waals surface area contributed by atoms with E-state index in [0.717, 1.165) is 3.57 Å². The van der Waals surface area contributed by atoms with Crippen molar-refractivity contribution in [1.82, 2.24) is 4.72 Å². The summed E-state index contributed by atoms with van der Waals surface area (Å²) in [5, 5.41) is 0. The summed E-state index contributed by atoms with van der Waals surface area (Å²) >= 11 is 2.11. The Hall–Kier alpha value is -0.670. The molecule has 0 aliphatic carbocycles. The van der Waals surface area contributed by atoms with Crippen molar-refractivity contribution < 1.29 is 17.9 Å². The van der Waals surface area contributed by atoms with E-state index in [-0.39, 0.29) is 23.8 Å². The molecule has 1 rings (SSSR count). The zero-order valence-corrected chi connectivity index (χ0v) is 15.3. The van der Waals surface area contributed by atoms with Crippen LogP contribution in [0.15, 0.2) is 29.2 Å². The van der Waals surface area contributed by atoms with Crippen LogP contribution in [0.1, 0.15) is 33.6 Å². The summed E-state index contributed by atoms with van der Waals surface area (Å²) in [5.74, 6) is -0.323. The number of esters is 1. The molecule has 0 saturated heterocycles. The van der Waals surface area contributed by atoms with Gasteiger partial charge in [0.15, 0.2) is 0 Å². The number of ether oxygens (including phenoxy) is 1. The Morgan fingerprint density at radius 1 is 1.24 bits per heavy atom. The molecule has 0 aromatic heterocycles. The Morgan fingerprint density at radius 2 is 1.81 bits per heavy atom. The molecule has 1 aromatic rings. The molecular formula is C14H20INO4S. The monoisotopic (exact) mass is 425 g/mol.